The van der Waals surface area contributed by atoms with Gasteiger partial charge in [0.25, 0.3) is 0 Å². The molecule has 0 spiro atoms. The minimum absolute atomic E-state index is 0.154. The van der Waals surface area contributed by atoms with E-state index in [2.05, 4.69) is 27.9 Å². The fourth-order valence-electron chi connectivity index (χ4n) is 2.99. The molecule has 0 aromatic heterocycles. The van der Waals surface area contributed by atoms with E-state index in [4.69, 9.17) is 0 Å². The SMILES string of the molecule is CCNC(=NCC1CCCS1)NCCC(=O)NC1CCCC1. The van der Waals surface area contributed by atoms with Crippen molar-refractivity contribution in [3.8, 4) is 0 Å². The fraction of sp³-hybridized carbons (Fsp3) is 0.875. The summed E-state index contributed by atoms with van der Waals surface area (Å²) in [5.41, 5.74) is 0. The quantitative estimate of drug-likeness (QED) is 0.494. The van der Waals surface area contributed by atoms with Crippen molar-refractivity contribution in [3.63, 3.8) is 0 Å². The summed E-state index contributed by atoms with van der Waals surface area (Å²) in [5, 5.41) is 10.3. The van der Waals surface area contributed by atoms with Crippen molar-refractivity contribution in [3.05, 3.63) is 0 Å². The van der Waals surface area contributed by atoms with Gasteiger partial charge in [-0.25, -0.2) is 0 Å². The number of thioether (sulfide) groups is 1. The van der Waals surface area contributed by atoms with Crippen LogP contribution in [0, 0.1) is 0 Å². The molecule has 3 N–H and O–H groups in total. The number of carbonyl (C=O) groups is 1. The van der Waals surface area contributed by atoms with E-state index < -0.39 is 0 Å². The number of aliphatic imine (C=N–C) groups is 1. The highest BCUT2D eigenvalue weighted by atomic mass is 32.2. The zero-order valence-corrected chi connectivity index (χ0v) is 14.5. The number of hydrogen-bond acceptors (Lipinski definition) is 3. The van der Waals surface area contributed by atoms with Gasteiger partial charge >= 0.3 is 0 Å². The Balaban J connectivity index is 1.64. The van der Waals surface area contributed by atoms with E-state index in [-0.39, 0.29) is 5.91 Å². The minimum Gasteiger partial charge on any atom is -0.357 e. The summed E-state index contributed by atoms with van der Waals surface area (Å²) in [6, 6.07) is 0.411. The lowest BCUT2D eigenvalue weighted by atomic mass is 10.2. The van der Waals surface area contributed by atoms with Gasteiger partial charge in [0.1, 0.15) is 0 Å². The third-order valence-corrected chi connectivity index (χ3v) is 5.57. The van der Waals surface area contributed by atoms with Gasteiger partial charge in [-0.2, -0.15) is 11.8 Å². The van der Waals surface area contributed by atoms with Crippen LogP contribution in [0.1, 0.15) is 51.9 Å². The van der Waals surface area contributed by atoms with Gasteiger partial charge < -0.3 is 16.0 Å². The molecule has 1 unspecified atom stereocenters. The van der Waals surface area contributed by atoms with E-state index >= 15 is 0 Å². The molecule has 126 valence electrons. The maximum atomic E-state index is 11.9. The average Bonchev–Trinajstić information content (AvgIpc) is 3.18. The van der Waals surface area contributed by atoms with Crippen molar-refractivity contribution < 1.29 is 4.79 Å². The molecule has 0 bridgehead atoms. The first-order chi connectivity index (χ1) is 10.8. The number of guanidine groups is 1. The predicted molar refractivity (Wildman–Crippen MR) is 94.5 cm³/mol. The van der Waals surface area contributed by atoms with Gasteiger partial charge in [0.2, 0.25) is 5.91 Å². The Hall–Kier alpha value is -0.910. The molecule has 0 aromatic carbocycles. The summed E-state index contributed by atoms with van der Waals surface area (Å²) in [7, 11) is 0. The van der Waals surface area contributed by atoms with E-state index in [0.717, 1.165) is 31.9 Å². The molecule has 0 radical (unpaired) electrons. The first-order valence-electron chi connectivity index (χ1n) is 8.71. The second-order valence-corrected chi connectivity index (χ2v) is 7.49. The van der Waals surface area contributed by atoms with Crippen molar-refractivity contribution in [1.82, 2.24) is 16.0 Å². The van der Waals surface area contributed by atoms with E-state index in [9.17, 15) is 4.79 Å². The highest BCUT2D eigenvalue weighted by Crippen LogP contribution is 2.25. The molecule has 1 saturated carbocycles. The third kappa shape index (κ3) is 6.46. The van der Waals surface area contributed by atoms with E-state index in [1.807, 2.05) is 11.8 Å². The predicted octanol–water partition coefficient (Wildman–Crippen LogP) is 1.89. The van der Waals surface area contributed by atoms with Crippen LogP contribution >= 0.6 is 11.8 Å². The van der Waals surface area contributed by atoms with E-state index in [1.54, 1.807) is 0 Å². The fourth-order valence-corrected chi connectivity index (χ4v) is 4.17. The Labute approximate surface area is 138 Å². The molecule has 1 saturated heterocycles. The van der Waals surface area contributed by atoms with Crippen LogP contribution in [0.15, 0.2) is 4.99 Å². The molecule has 2 fully saturated rings. The molecule has 2 rings (SSSR count). The van der Waals surface area contributed by atoms with Crippen LogP contribution < -0.4 is 16.0 Å². The third-order valence-electron chi connectivity index (χ3n) is 4.19. The van der Waals surface area contributed by atoms with Gasteiger partial charge in [0.05, 0.1) is 6.54 Å². The topological polar surface area (TPSA) is 65.5 Å². The molecule has 5 nitrogen and oxygen atoms in total. The molecule has 0 aromatic rings. The van der Waals surface area contributed by atoms with Gasteiger partial charge in [-0.1, -0.05) is 12.8 Å². The van der Waals surface area contributed by atoms with Crippen molar-refractivity contribution in [2.24, 2.45) is 4.99 Å². The van der Waals surface area contributed by atoms with Crippen LogP contribution in [0.5, 0.6) is 0 Å². The molecular formula is C16H30N4OS. The van der Waals surface area contributed by atoms with Crippen LogP contribution in [0.2, 0.25) is 0 Å². The lowest BCUT2D eigenvalue weighted by molar-refractivity contribution is -0.121. The van der Waals surface area contributed by atoms with Crippen LogP contribution in [0.4, 0.5) is 0 Å². The van der Waals surface area contributed by atoms with Crippen LogP contribution in [0.3, 0.4) is 0 Å². The molecule has 6 heteroatoms. The smallest absolute Gasteiger partial charge is 0.221 e. The molecule has 1 atom stereocenters. The van der Waals surface area contributed by atoms with Gasteiger partial charge in [0, 0.05) is 30.8 Å². The largest absolute Gasteiger partial charge is 0.357 e. The van der Waals surface area contributed by atoms with Crippen molar-refractivity contribution in [2.75, 3.05) is 25.4 Å². The summed E-state index contributed by atoms with van der Waals surface area (Å²) >= 11 is 2.02. The maximum absolute atomic E-state index is 11.9. The average molecular weight is 327 g/mol. The number of rotatable bonds is 7. The van der Waals surface area contributed by atoms with Crippen molar-refractivity contribution >= 4 is 23.6 Å². The van der Waals surface area contributed by atoms with Crippen LogP contribution in [0.25, 0.3) is 0 Å². The second kappa shape index (κ2) is 9.98. The highest BCUT2D eigenvalue weighted by molar-refractivity contribution is 8.00. The molecule has 1 aliphatic carbocycles. The Kier molecular flexibility index (Phi) is 7.91. The van der Waals surface area contributed by atoms with Gasteiger partial charge in [-0.05, 0) is 38.4 Å². The highest BCUT2D eigenvalue weighted by Gasteiger charge is 2.17. The number of hydrogen-bond donors (Lipinski definition) is 3. The summed E-state index contributed by atoms with van der Waals surface area (Å²) in [6.07, 6.45) is 7.89. The Morgan fingerprint density at radius 1 is 1.18 bits per heavy atom. The summed E-state index contributed by atoms with van der Waals surface area (Å²) in [4.78, 5) is 16.5. The number of carbonyl (C=O) groups excluding carboxylic acids is 1. The van der Waals surface area contributed by atoms with Crippen molar-refractivity contribution in [1.29, 1.82) is 0 Å². The minimum atomic E-state index is 0.154. The Morgan fingerprint density at radius 3 is 2.68 bits per heavy atom. The number of nitrogens with zero attached hydrogens (tertiary/aromatic N) is 1. The number of amides is 1. The summed E-state index contributed by atoms with van der Waals surface area (Å²) in [6.45, 7) is 4.42. The van der Waals surface area contributed by atoms with Gasteiger partial charge in [-0.3, -0.25) is 9.79 Å². The Morgan fingerprint density at radius 2 is 2.00 bits per heavy atom. The molecule has 2 aliphatic rings. The monoisotopic (exact) mass is 326 g/mol. The second-order valence-electron chi connectivity index (χ2n) is 6.08. The lowest BCUT2D eigenvalue weighted by Crippen LogP contribution is -2.40. The zero-order valence-electron chi connectivity index (χ0n) is 13.7. The van der Waals surface area contributed by atoms with Gasteiger partial charge in [0.15, 0.2) is 5.96 Å². The number of nitrogens with one attached hydrogen (secondary N) is 3. The molecular weight excluding hydrogens is 296 g/mol. The zero-order chi connectivity index (χ0) is 15.6. The molecule has 1 heterocycles. The molecule has 1 aliphatic heterocycles. The maximum Gasteiger partial charge on any atom is 0.221 e. The van der Waals surface area contributed by atoms with Crippen LogP contribution in [-0.4, -0.2) is 48.5 Å². The van der Waals surface area contributed by atoms with E-state index in [1.165, 1.54) is 31.4 Å². The Bertz CT molecular complexity index is 363. The van der Waals surface area contributed by atoms with Gasteiger partial charge in [-0.15, -0.1) is 0 Å². The van der Waals surface area contributed by atoms with Crippen molar-refractivity contribution in [2.45, 2.75) is 63.2 Å². The normalized spacial score (nSPS) is 22.8. The van der Waals surface area contributed by atoms with E-state index in [0.29, 0.717) is 24.3 Å². The standard InChI is InChI=1S/C16H30N4OS/c1-2-17-16(19-12-14-8-5-11-22-14)18-10-9-15(21)20-13-6-3-4-7-13/h13-14H,2-12H2,1H3,(H,20,21)(H2,17,18,19). The van der Waals surface area contributed by atoms with Crippen LogP contribution in [-0.2, 0) is 4.79 Å². The molecule has 22 heavy (non-hydrogen) atoms. The summed E-state index contributed by atoms with van der Waals surface area (Å²) in [5.74, 6) is 2.26. The summed E-state index contributed by atoms with van der Waals surface area (Å²) < 4.78 is 0. The molecule has 1 amide bonds. The lowest BCUT2D eigenvalue weighted by Gasteiger charge is -2.14. The first kappa shape index (κ1) is 17.4. The first-order valence-corrected chi connectivity index (χ1v) is 9.76.